The van der Waals surface area contributed by atoms with E-state index in [-0.39, 0.29) is 12.1 Å². The molecule has 144 valence electrons. The van der Waals surface area contributed by atoms with Crippen molar-refractivity contribution >= 4 is 28.5 Å². The predicted octanol–water partition coefficient (Wildman–Crippen LogP) is 1.98. The van der Waals surface area contributed by atoms with E-state index >= 15 is 0 Å². The van der Waals surface area contributed by atoms with Gasteiger partial charge in [-0.05, 0) is 31.2 Å². The minimum Gasteiger partial charge on any atom is -0.495 e. The number of anilines is 1. The number of rotatable bonds is 6. The van der Waals surface area contributed by atoms with Crippen LogP contribution in [0.3, 0.4) is 0 Å². The van der Waals surface area contributed by atoms with Gasteiger partial charge in [0.2, 0.25) is 0 Å². The number of nitrogens with zero attached hydrogens (tertiary/aromatic N) is 2. The summed E-state index contributed by atoms with van der Waals surface area (Å²) in [4.78, 5) is 41.0. The van der Waals surface area contributed by atoms with E-state index in [1.807, 2.05) is 0 Å². The largest absolute Gasteiger partial charge is 0.495 e. The van der Waals surface area contributed by atoms with Crippen LogP contribution in [0.15, 0.2) is 59.7 Å². The first-order chi connectivity index (χ1) is 13.5. The van der Waals surface area contributed by atoms with Crippen LogP contribution in [0.25, 0.3) is 10.9 Å². The van der Waals surface area contributed by atoms with Crippen LogP contribution in [0.1, 0.15) is 6.92 Å². The molecule has 0 aliphatic heterocycles. The van der Waals surface area contributed by atoms with Crippen LogP contribution in [0, 0.1) is 0 Å². The summed E-state index contributed by atoms with van der Waals surface area (Å²) >= 11 is 0. The maximum Gasteiger partial charge on any atom is 0.326 e. The number of para-hydroxylation sites is 3. The number of methoxy groups -OCH3 is 1. The number of hydrogen-bond donors (Lipinski definition) is 1. The normalized spacial score (nSPS) is 11.6. The molecule has 0 saturated carbocycles. The second-order valence-corrected chi connectivity index (χ2v) is 6.02. The first kappa shape index (κ1) is 19.1. The van der Waals surface area contributed by atoms with E-state index < -0.39 is 18.0 Å². The topological polar surface area (TPSA) is 99.5 Å². The van der Waals surface area contributed by atoms with Crippen LogP contribution < -0.4 is 15.6 Å². The van der Waals surface area contributed by atoms with E-state index in [1.165, 1.54) is 20.4 Å². The zero-order chi connectivity index (χ0) is 20.1. The molecule has 0 aliphatic rings. The van der Waals surface area contributed by atoms with E-state index in [0.717, 1.165) is 4.57 Å². The molecule has 2 aromatic carbocycles. The molecule has 8 heteroatoms. The summed E-state index contributed by atoms with van der Waals surface area (Å²) in [6.45, 7) is 1.10. The summed E-state index contributed by atoms with van der Waals surface area (Å²) in [6, 6.07) is 13.7. The summed E-state index contributed by atoms with van der Waals surface area (Å²) < 4.78 is 11.5. The molecule has 1 atom stereocenters. The molecule has 1 aromatic heterocycles. The summed E-state index contributed by atoms with van der Waals surface area (Å²) in [5.41, 5.74) is 0.656. The Morgan fingerprint density at radius 3 is 2.64 bits per heavy atom. The minimum atomic E-state index is -1.05. The quantitative estimate of drug-likeness (QED) is 0.656. The van der Waals surface area contributed by atoms with Crippen molar-refractivity contribution in [3.63, 3.8) is 0 Å². The predicted molar refractivity (Wildman–Crippen MR) is 103 cm³/mol. The number of amides is 1. The summed E-state index contributed by atoms with van der Waals surface area (Å²) in [6.07, 6.45) is 0.229. The molecule has 8 nitrogen and oxygen atoms in total. The molecular weight excluding hydrogens is 362 g/mol. The van der Waals surface area contributed by atoms with Crippen molar-refractivity contribution in [3.8, 4) is 5.75 Å². The van der Waals surface area contributed by atoms with Crippen molar-refractivity contribution in [1.29, 1.82) is 0 Å². The Balaban J connectivity index is 1.65. The van der Waals surface area contributed by atoms with E-state index in [1.54, 1.807) is 48.5 Å². The van der Waals surface area contributed by atoms with Gasteiger partial charge in [0.25, 0.3) is 11.5 Å². The molecule has 1 N–H and O–H groups in total. The minimum absolute atomic E-state index is 0.344. The monoisotopic (exact) mass is 381 g/mol. The number of carbonyl (C=O) groups is 2. The number of benzene rings is 2. The lowest BCUT2D eigenvalue weighted by Crippen LogP contribution is -2.33. The van der Waals surface area contributed by atoms with Gasteiger partial charge in [-0.2, -0.15) is 0 Å². The third-order valence-corrected chi connectivity index (χ3v) is 4.07. The van der Waals surface area contributed by atoms with Gasteiger partial charge in [0.05, 0.1) is 30.0 Å². The Kier molecular flexibility index (Phi) is 5.69. The zero-order valence-corrected chi connectivity index (χ0v) is 15.4. The second kappa shape index (κ2) is 8.34. The number of ether oxygens (including phenoxy) is 2. The number of aromatic nitrogens is 2. The van der Waals surface area contributed by atoms with Crippen molar-refractivity contribution in [2.75, 3.05) is 12.4 Å². The lowest BCUT2D eigenvalue weighted by atomic mass is 10.2. The Bertz CT molecular complexity index is 1080. The summed E-state index contributed by atoms with van der Waals surface area (Å²) in [7, 11) is 1.49. The van der Waals surface area contributed by atoms with Gasteiger partial charge in [-0.25, -0.2) is 4.98 Å². The maximum absolute atomic E-state index is 12.4. The van der Waals surface area contributed by atoms with Crippen LogP contribution in [0.4, 0.5) is 5.69 Å². The highest BCUT2D eigenvalue weighted by molar-refractivity contribution is 5.96. The first-order valence-electron chi connectivity index (χ1n) is 8.57. The van der Waals surface area contributed by atoms with Crippen molar-refractivity contribution in [2.45, 2.75) is 19.6 Å². The van der Waals surface area contributed by atoms with Crippen LogP contribution in [-0.4, -0.2) is 34.6 Å². The highest BCUT2D eigenvalue weighted by Crippen LogP contribution is 2.23. The van der Waals surface area contributed by atoms with E-state index in [0.29, 0.717) is 22.3 Å². The van der Waals surface area contributed by atoms with E-state index in [9.17, 15) is 14.4 Å². The second-order valence-electron chi connectivity index (χ2n) is 6.02. The highest BCUT2D eigenvalue weighted by Gasteiger charge is 2.20. The fourth-order valence-corrected chi connectivity index (χ4v) is 2.63. The molecule has 0 radical (unpaired) electrons. The Labute approximate surface area is 160 Å². The van der Waals surface area contributed by atoms with Crippen LogP contribution in [0.2, 0.25) is 0 Å². The highest BCUT2D eigenvalue weighted by atomic mass is 16.5. The molecule has 0 bridgehead atoms. The molecule has 3 rings (SSSR count). The Hall–Kier alpha value is -3.68. The van der Waals surface area contributed by atoms with Crippen LogP contribution >= 0.6 is 0 Å². The average Bonchev–Trinajstić information content (AvgIpc) is 2.70. The molecule has 0 fully saturated rings. The van der Waals surface area contributed by atoms with Crippen molar-refractivity contribution in [2.24, 2.45) is 0 Å². The first-order valence-corrected chi connectivity index (χ1v) is 8.57. The van der Waals surface area contributed by atoms with Gasteiger partial charge in [-0.15, -0.1) is 0 Å². The van der Waals surface area contributed by atoms with Gasteiger partial charge >= 0.3 is 5.97 Å². The van der Waals surface area contributed by atoms with E-state index in [2.05, 4.69) is 10.3 Å². The third-order valence-electron chi connectivity index (χ3n) is 4.07. The lowest BCUT2D eigenvalue weighted by molar-refractivity contribution is -0.153. The van der Waals surface area contributed by atoms with Gasteiger partial charge in [0, 0.05) is 0 Å². The average molecular weight is 381 g/mol. The summed E-state index contributed by atoms with van der Waals surface area (Å²) in [5, 5.41) is 3.05. The van der Waals surface area contributed by atoms with Gasteiger partial charge in [0.15, 0.2) is 6.10 Å². The van der Waals surface area contributed by atoms with Gasteiger partial charge in [-0.1, -0.05) is 24.3 Å². The Morgan fingerprint density at radius 1 is 1.14 bits per heavy atom. The molecule has 28 heavy (non-hydrogen) atoms. The van der Waals surface area contributed by atoms with E-state index in [4.69, 9.17) is 9.47 Å². The smallest absolute Gasteiger partial charge is 0.326 e. The molecular formula is C20H19N3O5. The van der Waals surface area contributed by atoms with Crippen LogP contribution in [0.5, 0.6) is 5.75 Å². The number of nitrogens with one attached hydrogen (secondary N) is 1. The molecule has 3 aromatic rings. The summed E-state index contributed by atoms with van der Waals surface area (Å²) in [5.74, 6) is -0.744. The van der Waals surface area contributed by atoms with Gasteiger partial charge in [0.1, 0.15) is 12.3 Å². The fourth-order valence-electron chi connectivity index (χ4n) is 2.63. The number of carbonyl (C=O) groups excluding carboxylic acids is 2. The zero-order valence-electron chi connectivity index (χ0n) is 15.4. The van der Waals surface area contributed by atoms with Gasteiger partial charge in [-0.3, -0.25) is 19.0 Å². The number of hydrogen-bond acceptors (Lipinski definition) is 6. The molecule has 0 unspecified atom stereocenters. The molecule has 1 heterocycles. The van der Waals surface area contributed by atoms with Crippen molar-refractivity contribution < 1.29 is 19.1 Å². The van der Waals surface area contributed by atoms with Gasteiger partial charge < -0.3 is 14.8 Å². The third kappa shape index (κ3) is 4.17. The lowest BCUT2D eigenvalue weighted by Gasteiger charge is -2.15. The molecule has 0 aliphatic carbocycles. The molecule has 1 amide bonds. The number of fused-ring (bicyclic) bond motifs is 1. The standard InChI is InChI=1S/C20H19N3O5/c1-13(19(25)22-16-9-5-6-10-17(16)27-2)28-18(24)11-23-12-21-15-8-4-3-7-14(15)20(23)26/h3-10,12-13H,11H2,1-2H3,(H,22,25)/t13-/m1/s1. The maximum atomic E-state index is 12.4. The molecule has 0 saturated heterocycles. The fraction of sp³-hybridized carbons (Fsp3) is 0.200. The van der Waals surface area contributed by atoms with Crippen molar-refractivity contribution in [3.05, 3.63) is 65.2 Å². The number of esters is 1. The molecule has 0 spiro atoms. The SMILES string of the molecule is COc1ccccc1NC(=O)[C@@H](C)OC(=O)Cn1cnc2ccccc2c1=O. The van der Waals surface area contributed by atoms with Crippen molar-refractivity contribution in [1.82, 2.24) is 9.55 Å². The Morgan fingerprint density at radius 2 is 1.86 bits per heavy atom. The van der Waals surface area contributed by atoms with Crippen LogP contribution in [-0.2, 0) is 20.9 Å².